The van der Waals surface area contributed by atoms with Gasteiger partial charge in [-0.1, -0.05) is 73.6 Å². The molecule has 0 bridgehead atoms. The maximum Gasteiger partial charge on any atom is 0.258 e. The number of thioether (sulfide) groups is 1. The third kappa shape index (κ3) is 4.24. The summed E-state index contributed by atoms with van der Waals surface area (Å²) in [5.74, 6) is 1.67. The zero-order valence-electron chi connectivity index (χ0n) is 18.6. The van der Waals surface area contributed by atoms with Crippen molar-refractivity contribution in [2.24, 2.45) is 0 Å². The fourth-order valence-electron chi connectivity index (χ4n) is 3.75. The highest BCUT2D eigenvalue weighted by Crippen LogP contribution is 2.33. The second-order valence-corrected chi connectivity index (χ2v) is 9.97. The van der Waals surface area contributed by atoms with E-state index in [1.165, 1.54) is 34.2 Å². The van der Waals surface area contributed by atoms with Gasteiger partial charge in [-0.15, -0.1) is 21.5 Å². The molecule has 0 N–H and O–H groups in total. The van der Waals surface area contributed by atoms with Crippen LogP contribution in [0.4, 0.5) is 0 Å². The lowest BCUT2D eigenvalue weighted by Gasteiger charge is -2.17. The normalized spacial score (nSPS) is 11.5. The monoisotopic (exact) mass is 473 g/mol. The van der Waals surface area contributed by atoms with Gasteiger partial charge in [0.15, 0.2) is 15.9 Å². The Labute approximate surface area is 200 Å². The summed E-state index contributed by atoms with van der Waals surface area (Å²) >= 11 is 2.99. The summed E-state index contributed by atoms with van der Waals surface area (Å²) in [5.41, 5.74) is 5.17. The number of benzene rings is 2. The highest BCUT2D eigenvalue weighted by molar-refractivity contribution is 7.98. The fraction of sp³-hybridized carbons (Fsp3) is 0.200. The Morgan fingerprint density at radius 3 is 2.64 bits per heavy atom. The summed E-state index contributed by atoms with van der Waals surface area (Å²) in [6, 6.07) is 18.3. The molecular formula is C25H23N5OS2. The molecule has 0 aliphatic rings. The number of aryl methyl sites for hydroxylation is 1. The van der Waals surface area contributed by atoms with Gasteiger partial charge < -0.3 is 0 Å². The van der Waals surface area contributed by atoms with Gasteiger partial charge in [-0.2, -0.15) is 0 Å². The molecule has 0 saturated carbocycles. The molecule has 0 unspecified atom stereocenters. The molecule has 0 saturated heterocycles. The van der Waals surface area contributed by atoms with Gasteiger partial charge >= 0.3 is 0 Å². The van der Waals surface area contributed by atoms with E-state index in [1.807, 2.05) is 11.4 Å². The molecule has 0 atom stereocenters. The van der Waals surface area contributed by atoms with Crippen molar-refractivity contribution in [3.8, 4) is 17.1 Å². The standard InChI is InChI=1S/C25H23N5OS2/c1-16(2)20-6-4-5-7-21(20)30-23(18-10-8-17(3)9-11-18)27-28-25(30)33-15-19-14-22(31)29-12-13-32-24(29)26-19/h4-14,16H,15H2,1-3H3. The number of thiazole rings is 1. The molecule has 3 heterocycles. The highest BCUT2D eigenvalue weighted by Gasteiger charge is 2.20. The molecule has 6 nitrogen and oxygen atoms in total. The minimum Gasteiger partial charge on any atom is -0.270 e. The minimum absolute atomic E-state index is 0.0659. The SMILES string of the molecule is Cc1ccc(-c2nnc(SCc3cc(=O)n4ccsc4n3)n2-c2ccccc2C(C)C)cc1. The first-order chi connectivity index (χ1) is 16.0. The Morgan fingerprint density at radius 1 is 1.06 bits per heavy atom. The van der Waals surface area contributed by atoms with Crippen molar-refractivity contribution in [3.05, 3.63) is 93.3 Å². The van der Waals surface area contributed by atoms with Crippen molar-refractivity contribution in [1.29, 1.82) is 0 Å². The molecular weight excluding hydrogens is 450 g/mol. The quantitative estimate of drug-likeness (QED) is 0.295. The number of para-hydroxylation sites is 1. The zero-order valence-corrected chi connectivity index (χ0v) is 20.2. The van der Waals surface area contributed by atoms with Crippen LogP contribution in [0.1, 0.15) is 36.6 Å². The lowest BCUT2D eigenvalue weighted by atomic mass is 10.0. The van der Waals surface area contributed by atoms with E-state index in [4.69, 9.17) is 0 Å². The zero-order chi connectivity index (χ0) is 22.9. The van der Waals surface area contributed by atoms with Gasteiger partial charge in [0, 0.05) is 29.0 Å². The van der Waals surface area contributed by atoms with Gasteiger partial charge in [0.1, 0.15) is 0 Å². The molecule has 166 valence electrons. The van der Waals surface area contributed by atoms with E-state index in [2.05, 4.69) is 83.0 Å². The van der Waals surface area contributed by atoms with Gasteiger partial charge in [0.05, 0.1) is 11.4 Å². The van der Waals surface area contributed by atoms with E-state index >= 15 is 0 Å². The number of fused-ring (bicyclic) bond motifs is 1. The molecule has 0 spiro atoms. The predicted molar refractivity (Wildman–Crippen MR) is 135 cm³/mol. The van der Waals surface area contributed by atoms with Crippen LogP contribution in [0.25, 0.3) is 22.0 Å². The number of hydrogen-bond acceptors (Lipinski definition) is 6. The van der Waals surface area contributed by atoms with Crippen LogP contribution in [0.15, 0.2) is 76.1 Å². The first-order valence-electron chi connectivity index (χ1n) is 10.7. The van der Waals surface area contributed by atoms with Crippen LogP contribution in [-0.4, -0.2) is 24.1 Å². The molecule has 8 heteroatoms. The smallest absolute Gasteiger partial charge is 0.258 e. The van der Waals surface area contributed by atoms with E-state index in [0.29, 0.717) is 16.6 Å². The predicted octanol–water partition coefficient (Wildman–Crippen LogP) is 5.73. The van der Waals surface area contributed by atoms with Crippen molar-refractivity contribution < 1.29 is 0 Å². The van der Waals surface area contributed by atoms with Crippen molar-refractivity contribution in [1.82, 2.24) is 24.1 Å². The summed E-state index contributed by atoms with van der Waals surface area (Å²) in [4.78, 5) is 17.7. The Morgan fingerprint density at radius 2 is 1.85 bits per heavy atom. The highest BCUT2D eigenvalue weighted by atomic mass is 32.2. The van der Waals surface area contributed by atoms with E-state index in [1.54, 1.807) is 16.7 Å². The summed E-state index contributed by atoms with van der Waals surface area (Å²) in [7, 11) is 0. The van der Waals surface area contributed by atoms with E-state index in [0.717, 1.165) is 27.9 Å². The average Bonchev–Trinajstić information content (AvgIpc) is 3.45. The van der Waals surface area contributed by atoms with Gasteiger partial charge in [0.2, 0.25) is 0 Å². The molecule has 33 heavy (non-hydrogen) atoms. The maximum atomic E-state index is 12.4. The lowest BCUT2D eigenvalue weighted by Crippen LogP contribution is -2.12. The molecule has 5 aromatic rings. The van der Waals surface area contributed by atoms with Crippen LogP contribution < -0.4 is 5.56 Å². The summed E-state index contributed by atoms with van der Waals surface area (Å²) < 4.78 is 3.69. The number of nitrogens with zero attached hydrogens (tertiary/aromatic N) is 5. The lowest BCUT2D eigenvalue weighted by molar-refractivity contribution is 0.818. The number of rotatable bonds is 6. The van der Waals surface area contributed by atoms with E-state index in [-0.39, 0.29) is 5.56 Å². The molecule has 0 amide bonds. The molecule has 3 aromatic heterocycles. The van der Waals surface area contributed by atoms with Gasteiger partial charge in [0.25, 0.3) is 5.56 Å². The van der Waals surface area contributed by atoms with Crippen LogP contribution in [0, 0.1) is 6.92 Å². The fourth-order valence-corrected chi connectivity index (χ4v) is 5.33. The second-order valence-electron chi connectivity index (χ2n) is 8.15. The van der Waals surface area contributed by atoms with Crippen LogP contribution >= 0.6 is 23.1 Å². The van der Waals surface area contributed by atoms with Crippen molar-refractivity contribution >= 4 is 28.1 Å². The van der Waals surface area contributed by atoms with Crippen molar-refractivity contribution in [2.75, 3.05) is 0 Å². The van der Waals surface area contributed by atoms with Crippen molar-refractivity contribution in [2.45, 2.75) is 37.6 Å². The van der Waals surface area contributed by atoms with Crippen LogP contribution in [0.2, 0.25) is 0 Å². The summed E-state index contributed by atoms with van der Waals surface area (Å²) in [6.07, 6.45) is 1.75. The molecule has 0 radical (unpaired) electrons. The third-order valence-electron chi connectivity index (χ3n) is 5.45. The average molecular weight is 474 g/mol. The van der Waals surface area contributed by atoms with E-state index < -0.39 is 0 Å². The first-order valence-corrected chi connectivity index (χ1v) is 12.6. The Kier molecular flexibility index (Phi) is 5.86. The topological polar surface area (TPSA) is 65.1 Å². The number of aromatic nitrogens is 5. The summed E-state index contributed by atoms with van der Waals surface area (Å²) in [5, 5.41) is 11.8. The van der Waals surface area contributed by atoms with Crippen LogP contribution in [-0.2, 0) is 5.75 Å². The van der Waals surface area contributed by atoms with Gasteiger partial charge in [-0.05, 0) is 24.5 Å². The first kappa shape index (κ1) is 21.6. The van der Waals surface area contributed by atoms with Crippen LogP contribution in [0.5, 0.6) is 0 Å². The number of hydrogen-bond donors (Lipinski definition) is 0. The molecule has 0 aliphatic heterocycles. The Hall–Kier alpha value is -3.23. The minimum atomic E-state index is -0.0659. The van der Waals surface area contributed by atoms with Gasteiger partial charge in [-0.25, -0.2) is 4.98 Å². The maximum absolute atomic E-state index is 12.4. The second kappa shape index (κ2) is 8.96. The molecule has 0 fully saturated rings. The van der Waals surface area contributed by atoms with Gasteiger partial charge in [-0.3, -0.25) is 13.8 Å². The molecule has 0 aliphatic carbocycles. The Bertz CT molecular complexity index is 1480. The molecule has 5 rings (SSSR count). The molecule has 2 aromatic carbocycles. The van der Waals surface area contributed by atoms with Crippen LogP contribution in [0.3, 0.4) is 0 Å². The third-order valence-corrected chi connectivity index (χ3v) is 7.17. The Balaban J connectivity index is 1.58. The largest absolute Gasteiger partial charge is 0.270 e. The van der Waals surface area contributed by atoms with Crippen molar-refractivity contribution in [3.63, 3.8) is 0 Å². The van der Waals surface area contributed by atoms with E-state index in [9.17, 15) is 4.79 Å². The summed E-state index contributed by atoms with van der Waals surface area (Å²) in [6.45, 7) is 6.45.